The summed E-state index contributed by atoms with van der Waals surface area (Å²) < 4.78 is 26.0. The molecule has 612 valence electrons. The number of ketones is 2. The van der Waals surface area contributed by atoms with Gasteiger partial charge in [0.15, 0.2) is 45.9 Å². The molecule has 0 aliphatic carbocycles. The second kappa shape index (κ2) is 66.8. The first-order valence-corrected chi connectivity index (χ1v) is 45.8. The van der Waals surface area contributed by atoms with Crippen molar-refractivity contribution in [3.63, 3.8) is 0 Å². The highest BCUT2D eigenvalue weighted by Gasteiger charge is 2.37. The van der Waals surface area contributed by atoms with Gasteiger partial charge in [0.25, 0.3) is 0 Å². The van der Waals surface area contributed by atoms with Crippen LogP contribution in [0.15, 0.2) is 27.4 Å². The number of carbonyl (C=O) groups excluding carboxylic acids is 5. The molecule has 1 heterocycles. The molecule has 107 heavy (non-hydrogen) atoms. The quantitative estimate of drug-likeness (QED) is 0.0180. The number of hydrogen-bond acceptors (Lipinski definition) is 12. The normalized spacial score (nSPS) is 11.5. The SMILES string of the molecule is CCCCCCCCCCCCCCCC(=O)Oc1c(C(=O)CCCCCCCCCCCCCCC)c(OC(=O)CCCCCCCCCCCCCCC)c2c(=O)c(OC(=O)CCCCCCCCCCCCCCC)c(-c3ccc(O)c(O)c3)oc2c1C(=O)CCCCCCCCCCCCCCC. The molecule has 0 fully saturated rings. The zero-order valence-corrected chi connectivity index (χ0v) is 69.7. The van der Waals surface area contributed by atoms with E-state index in [1.807, 2.05) is 0 Å². The molecule has 0 bridgehead atoms. The zero-order chi connectivity index (χ0) is 77.3. The van der Waals surface area contributed by atoms with E-state index >= 15 is 14.4 Å². The monoisotopic (exact) mass is 1490 g/mol. The van der Waals surface area contributed by atoms with Crippen LogP contribution in [0.3, 0.4) is 0 Å². The van der Waals surface area contributed by atoms with E-state index in [1.165, 1.54) is 262 Å². The maximum atomic E-state index is 16.1. The maximum Gasteiger partial charge on any atom is 0.311 e. The summed E-state index contributed by atoms with van der Waals surface area (Å²) in [5, 5.41) is 21.3. The maximum absolute atomic E-state index is 16.1. The average Bonchev–Trinajstić information content (AvgIpc) is 0.724. The van der Waals surface area contributed by atoms with Crippen molar-refractivity contribution in [3.8, 4) is 40.1 Å². The van der Waals surface area contributed by atoms with E-state index in [-0.39, 0.29) is 54.6 Å². The highest BCUT2D eigenvalue weighted by molar-refractivity contribution is 6.17. The molecule has 0 aliphatic heterocycles. The Kier molecular flexibility index (Phi) is 60.0. The van der Waals surface area contributed by atoms with Crippen LogP contribution in [0.4, 0.5) is 0 Å². The minimum Gasteiger partial charge on any atom is -0.504 e. The zero-order valence-electron chi connectivity index (χ0n) is 69.7. The number of rotatable bonds is 76. The van der Waals surface area contributed by atoms with E-state index < -0.39 is 74.6 Å². The van der Waals surface area contributed by atoms with E-state index in [0.717, 1.165) is 141 Å². The molecular formula is C95H160O12. The fourth-order valence-electron chi connectivity index (χ4n) is 15.2. The molecular weight excluding hydrogens is 1330 g/mol. The molecule has 12 heteroatoms. The molecule has 3 rings (SSSR count). The number of carbonyl (C=O) groups is 5. The van der Waals surface area contributed by atoms with Crippen molar-refractivity contribution in [1.82, 2.24) is 0 Å². The molecule has 0 saturated carbocycles. The summed E-state index contributed by atoms with van der Waals surface area (Å²) in [4.78, 5) is 91.3. The first-order valence-electron chi connectivity index (χ1n) is 45.8. The van der Waals surface area contributed by atoms with Crippen LogP contribution < -0.4 is 19.6 Å². The minimum absolute atomic E-state index is 0.0148. The Morgan fingerprint density at radius 2 is 0.514 bits per heavy atom. The third-order valence-corrected chi connectivity index (χ3v) is 22.1. The molecule has 2 aromatic carbocycles. The van der Waals surface area contributed by atoms with Gasteiger partial charge in [0.2, 0.25) is 11.2 Å². The van der Waals surface area contributed by atoms with Crippen molar-refractivity contribution < 1.29 is 52.8 Å². The van der Waals surface area contributed by atoms with Crippen LogP contribution >= 0.6 is 0 Å². The van der Waals surface area contributed by atoms with Crippen molar-refractivity contribution >= 4 is 40.4 Å². The highest BCUT2D eigenvalue weighted by Crippen LogP contribution is 2.46. The van der Waals surface area contributed by atoms with Gasteiger partial charge >= 0.3 is 17.9 Å². The predicted octanol–water partition coefficient (Wildman–Crippen LogP) is 30.4. The Bertz CT molecular complexity index is 2810. The Morgan fingerprint density at radius 3 is 0.785 bits per heavy atom. The van der Waals surface area contributed by atoms with Gasteiger partial charge < -0.3 is 28.8 Å². The molecule has 0 saturated heterocycles. The molecule has 1 aromatic heterocycles. The molecule has 0 atom stereocenters. The number of esters is 3. The number of phenolic OH excluding ortho intramolecular Hbond substituents is 2. The smallest absolute Gasteiger partial charge is 0.311 e. The van der Waals surface area contributed by atoms with Crippen LogP contribution in [-0.2, 0) is 14.4 Å². The largest absolute Gasteiger partial charge is 0.504 e. The van der Waals surface area contributed by atoms with Crippen molar-refractivity contribution in [1.29, 1.82) is 0 Å². The van der Waals surface area contributed by atoms with E-state index in [2.05, 4.69) is 34.6 Å². The Balaban J connectivity index is 2.20. The van der Waals surface area contributed by atoms with Gasteiger partial charge in [-0.25, -0.2) is 0 Å². The molecule has 12 nitrogen and oxygen atoms in total. The Labute approximate surface area is 653 Å². The van der Waals surface area contributed by atoms with Gasteiger partial charge in [0.1, 0.15) is 16.5 Å². The van der Waals surface area contributed by atoms with E-state index in [4.69, 9.17) is 18.6 Å². The predicted molar refractivity (Wildman–Crippen MR) is 448 cm³/mol. The number of fused-ring (bicyclic) bond motifs is 1. The summed E-state index contributed by atoms with van der Waals surface area (Å²) in [7, 11) is 0. The standard InChI is InChI=1S/C95H160O12/c1-6-11-16-21-26-31-36-41-46-51-56-61-66-71-81(97)87-92(104-84(100)73-68-63-58-53-48-43-38-33-28-23-18-13-8-3)88(82(98)72-67-62-57-52-47-42-37-32-27-22-17-12-7-2)94-89(93(87)105-85(101)74-69-64-59-54-49-44-39-34-29-24-19-14-9-4)90(103)95(91(107-94)79-76-77-80(96)83(99)78-79)106-86(102)75-70-65-60-55-50-45-40-35-30-25-20-15-10-5/h76-78,96,99H,6-75H2,1-5H3. The number of Topliss-reactive ketones (excluding diaryl/α,β-unsaturated/α-hetero) is 2. The van der Waals surface area contributed by atoms with Crippen LogP contribution in [0.5, 0.6) is 28.7 Å². The van der Waals surface area contributed by atoms with Crippen LogP contribution in [0.25, 0.3) is 22.3 Å². The van der Waals surface area contributed by atoms with Gasteiger partial charge in [-0.1, -0.05) is 420 Å². The lowest BCUT2D eigenvalue weighted by Crippen LogP contribution is -2.22. The first-order chi connectivity index (χ1) is 52.4. The Morgan fingerprint density at radius 1 is 0.280 bits per heavy atom. The van der Waals surface area contributed by atoms with Crippen LogP contribution in [0, 0.1) is 0 Å². The second-order valence-corrected chi connectivity index (χ2v) is 32.1. The number of benzene rings is 2. The van der Waals surface area contributed by atoms with Gasteiger partial charge in [-0.2, -0.15) is 0 Å². The van der Waals surface area contributed by atoms with Gasteiger partial charge in [-0.3, -0.25) is 28.8 Å². The van der Waals surface area contributed by atoms with E-state index in [1.54, 1.807) is 0 Å². The summed E-state index contributed by atoms with van der Waals surface area (Å²) in [6.45, 7) is 11.2. The molecule has 3 aromatic rings. The van der Waals surface area contributed by atoms with E-state index in [0.29, 0.717) is 32.1 Å². The first kappa shape index (κ1) is 96.2. The average molecular weight is 1490 g/mol. The summed E-state index contributed by atoms with van der Waals surface area (Å²) >= 11 is 0. The summed E-state index contributed by atoms with van der Waals surface area (Å²) in [6, 6.07) is 3.80. The topological polar surface area (TPSA) is 184 Å². The van der Waals surface area contributed by atoms with Crippen molar-refractivity contribution in [3.05, 3.63) is 39.5 Å². The third kappa shape index (κ3) is 45.8. The number of ether oxygens (including phenoxy) is 3. The number of hydrogen-bond donors (Lipinski definition) is 2. The van der Waals surface area contributed by atoms with Gasteiger partial charge in [0.05, 0.1) is 0 Å². The lowest BCUT2D eigenvalue weighted by molar-refractivity contribution is -0.135. The minimum atomic E-state index is -0.980. The number of aromatic hydroxyl groups is 2. The van der Waals surface area contributed by atoms with Gasteiger partial charge in [-0.15, -0.1) is 0 Å². The second-order valence-electron chi connectivity index (χ2n) is 32.1. The van der Waals surface area contributed by atoms with Crippen LogP contribution in [-0.4, -0.2) is 39.7 Å². The molecule has 0 radical (unpaired) electrons. The fourth-order valence-corrected chi connectivity index (χ4v) is 15.2. The van der Waals surface area contributed by atoms with Crippen molar-refractivity contribution in [2.24, 2.45) is 0 Å². The van der Waals surface area contributed by atoms with Gasteiger partial charge in [-0.05, 0) is 50.3 Å². The van der Waals surface area contributed by atoms with Gasteiger partial charge in [0, 0.05) is 37.7 Å². The summed E-state index contributed by atoms with van der Waals surface area (Å²) in [5.41, 5.74) is -1.98. The number of phenols is 2. The van der Waals surface area contributed by atoms with E-state index in [9.17, 15) is 24.6 Å². The van der Waals surface area contributed by atoms with Crippen molar-refractivity contribution in [2.75, 3.05) is 0 Å². The van der Waals surface area contributed by atoms with Crippen molar-refractivity contribution in [2.45, 2.75) is 484 Å². The summed E-state index contributed by atoms with van der Waals surface area (Å²) in [6.07, 6.45) is 71.7. The lowest BCUT2D eigenvalue weighted by Gasteiger charge is -2.21. The number of unbranched alkanes of at least 4 members (excludes halogenated alkanes) is 60. The molecule has 2 N–H and O–H groups in total. The molecule has 0 amide bonds. The van der Waals surface area contributed by atoms with Crippen LogP contribution in [0.2, 0.25) is 0 Å². The Hall–Kier alpha value is -5.00. The molecule has 0 spiro atoms. The van der Waals surface area contributed by atoms with Crippen LogP contribution in [0.1, 0.15) is 505 Å². The highest BCUT2D eigenvalue weighted by atomic mass is 16.6. The molecule has 0 unspecified atom stereocenters. The summed E-state index contributed by atoms with van der Waals surface area (Å²) in [5.74, 6) is -6.00. The lowest BCUT2D eigenvalue weighted by atomic mass is 9.92. The third-order valence-electron chi connectivity index (χ3n) is 22.1. The molecule has 0 aliphatic rings. The fraction of sp³-hybridized carbons (Fsp3) is 0.789.